The first-order valence-electron chi connectivity index (χ1n) is 5.49. The van der Waals surface area contributed by atoms with Gasteiger partial charge in [-0.25, -0.2) is 0 Å². The van der Waals surface area contributed by atoms with E-state index in [1.54, 1.807) is 7.11 Å². The highest BCUT2D eigenvalue weighted by Gasteiger charge is 2.25. The summed E-state index contributed by atoms with van der Waals surface area (Å²) in [5.74, 6) is 1.78. The predicted octanol–water partition coefficient (Wildman–Crippen LogP) is 4.08. The number of ether oxygens (including phenoxy) is 1. The van der Waals surface area contributed by atoms with Gasteiger partial charge in [-0.05, 0) is 42.5 Å². The highest BCUT2D eigenvalue weighted by Crippen LogP contribution is 2.41. The molecule has 2 heteroatoms. The molecule has 1 nitrogen and oxygen atoms in total. The normalized spacial score (nSPS) is 17.5. The maximum atomic E-state index is 6.40. The molecule has 0 aromatic heterocycles. The Morgan fingerprint density at radius 2 is 2.20 bits per heavy atom. The Bertz CT molecular complexity index is 344. The average molecular weight is 225 g/mol. The molecule has 1 unspecified atom stereocenters. The molecule has 0 heterocycles. The molecule has 1 aliphatic carbocycles. The maximum absolute atomic E-state index is 6.40. The van der Waals surface area contributed by atoms with Crippen molar-refractivity contribution in [2.45, 2.75) is 31.6 Å². The van der Waals surface area contributed by atoms with Gasteiger partial charge in [-0.2, -0.15) is 0 Å². The van der Waals surface area contributed by atoms with Crippen LogP contribution in [0.1, 0.15) is 35.8 Å². The summed E-state index contributed by atoms with van der Waals surface area (Å²) in [4.78, 5) is 0. The Hall–Kier alpha value is -0.690. The highest BCUT2D eigenvalue weighted by molar-refractivity contribution is 6.20. The van der Waals surface area contributed by atoms with E-state index < -0.39 is 0 Å². The van der Waals surface area contributed by atoms with Gasteiger partial charge in [0, 0.05) is 0 Å². The topological polar surface area (TPSA) is 9.23 Å². The van der Waals surface area contributed by atoms with Crippen LogP contribution in [0.2, 0.25) is 0 Å². The molecule has 0 N–H and O–H groups in total. The predicted molar refractivity (Wildman–Crippen MR) is 63.7 cm³/mol. The van der Waals surface area contributed by atoms with Gasteiger partial charge >= 0.3 is 0 Å². The number of aryl methyl sites for hydroxylation is 1. The lowest BCUT2D eigenvalue weighted by molar-refractivity contribution is 0.414. The third-order valence-corrected chi connectivity index (χ3v) is 3.46. The molecular weight excluding hydrogens is 208 g/mol. The van der Waals surface area contributed by atoms with Crippen molar-refractivity contribution < 1.29 is 4.74 Å². The van der Waals surface area contributed by atoms with Crippen LogP contribution in [0.15, 0.2) is 18.2 Å². The average Bonchev–Trinajstić information content (AvgIpc) is 3.01. The van der Waals surface area contributed by atoms with Crippen LogP contribution in [-0.2, 0) is 0 Å². The van der Waals surface area contributed by atoms with Gasteiger partial charge < -0.3 is 4.74 Å². The number of hydrogen-bond donors (Lipinski definition) is 0. The second-order valence-corrected chi connectivity index (χ2v) is 4.90. The molecule has 0 aliphatic heterocycles. The molecule has 1 aromatic carbocycles. The smallest absolute Gasteiger partial charge is 0.119 e. The standard InChI is InChI=1S/C13H17ClO/c1-9-7-11(15-2)5-6-12(9)13(14)8-10-3-4-10/h5-7,10,13H,3-4,8H2,1-2H3. The summed E-state index contributed by atoms with van der Waals surface area (Å²) in [6.07, 6.45) is 3.84. The fourth-order valence-corrected chi connectivity index (χ4v) is 2.40. The highest BCUT2D eigenvalue weighted by atomic mass is 35.5. The first-order valence-corrected chi connectivity index (χ1v) is 5.93. The lowest BCUT2D eigenvalue weighted by Gasteiger charge is -2.13. The molecule has 82 valence electrons. The van der Waals surface area contributed by atoms with Crippen molar-refractivity contribution in [2.24, 2.45) is 5.92 Å². The quantitative estimate of drug-likeness (QED) is 0.701. The molecule has 2 rings (SSSR count). The summed E-state index contributed by atoms with van der Waals surface area (Å²) in [5.41, 5.74) is 2.49. The summed E-state index contributed by atoms with van der Waals surface area (Å²) in [7, 11) is 1.69. The maximum Gasteiger partial charge on any atom is 0.119 e. The van der Waals surface area contributed by atoms with Crippen LogP contribution in [0, 0.1) is 12.8 Å². The molecule has 1 saturated carbocycles. The fourth-order valence-electron chi connectivity index (χ4n) is 1.90. The van der Waals surface area contributed by atoms with Gasteiger partial charge in [0.1, 0.15) is 5.75 Å². The summed E-state index contributed by atoms with van der Waals surface area (Å²) < 4.78 is 5.18. The minimum absolute atomic E-state index is 0.170. The van der Waals surface area contributed by atoms with E-state index in [9.17, 15) is 0 Å². The van der Waals surface area contributed by atoms with Crippen molar-refractivity contribution in [3.05, 3.63) is 29.3 Å². The van der Waals surface area contributed by atoms with Crippen molar-refractivity contribution in [2.75, 3.05) is 7.11 Å². The minimum Gasteiger partial charge on any atom is -0.497 e. The summed E-state index contributed by atoms with van der Waals surface area (Å²) in [6, 6.07) is 6.14. The minimum atomic E-state index is 0.170. The van der Waals surface area contributed by atoms with Gasteiger partial charge in [0.05, 0.1) is 12.5 Å². The van der Waals surface area contributed by atoms with Crippen LogP contribution in [-0.4, -0.2) is 7.11 Å². The van der Waals surface area contributed by atoms with Gasteiger partial charge in [-0.15, -0.1) is 11.6 Å². The van der Waals surface area contributed by atoms with Crippen molar-refractivity contribution >= 4 is 11.6 Å². The first kappa shape index (κ1) is 10.8. The molecule has 1 aromatic rings. The van der Waals surface area contributed by atoms with Crippen LogP contribution in [0.3, 0.4) is 0 Å². The van der Waals surface area contributed by atoms with Crippen LogP contribution in [0.5, 0.6) is 5.75 Å². The second kappa shape index (κ2) is 4.44. The molecule has 0 bridgehead atoms. The monoisotopic (exact) mass is 224 g/mol. The largest absolute Gasteiger partial charge is 0.497 e. The van der Waals surface area contributed by atoms with Crippen molar-refractivity contribution in [3.63, 3.8) is 0 Å². The number of hydrogen-bond acceptors (Lipinski definition) is 1. The molecule has 0 amide bonds. The van der Waals surface area contributed by atoms with Gasteiger partial charge in [-0.3, -0.25) is 0 Å². The zero-order chi connectivity index (χ0) is 10.8. The molecule has 1 fully saturated rings. The third-order valence-electron chi connectivity index (χ3n) is 3.05. The van der Waals surface area contributed by atoms with Gasteiger partial charge in [0.25, 0.3) is 0 Å². The Kier molecular flexibility index (Phi) is 3.20. The molecule has 1 aliphatic rings. The zero-order valence-corrected chi connectivity index (χ0v) is 10.1. The van der Waals surface area contributed by atoms with Crippen molar-refractivity contribution in [3.8, 4) is 5.75 Å². The van der Waals surface area contributed by atoms with Crippen molar-refractivity contribution in [1.82, 2.24) is 0 Å². The van der Waals surface area contributed by atoms with E-state index >= 15 is 0 Å². The summed E-state index contributed by atoms with van der Waals surface area (Å²) in [5, 5.41) is 0.170. The fraction of sp³-hybridized carbons (Fsp3) is 0.538. The van der Waals surface area contributed by atoms with Crippen molar-refractivity contribution in [1.29, 1.82) is 0 Å². The lowest BCUT2D eigenvalue weighted by Crippen LogP contribution is -1.96. The molecule has 15 heavy (non-hydrogen) atoms. The number of alkyl halides is 1. The lowest BCUT2D eigenvalue weighted by atomic mass is 10.0. The number of halogens is 1. The number of benzene rings is 1. The van der Waals surface area contributed by atoms with E-state index in [1.807, 2.05) is 6.07 Å². The summed E-state index contributed by atoms with van der Waals surface area (Å²) in [6.45, 7) is 2.10. The first-order chi connectivity index (χ1) is 7.20. The molecule has 0 spiro atoms. The number of rotatable bonds is 4. The van der Waals surface area contributed by atoms with Gasteiger partial charge in [0.2, 0.25) is 0 Å². The second-order valence-electron chi connectivity index (χ2n) is 4.37. The molecule has 0 saturated heterocycles. The van der Waals surface area contributed by atoms with E-state index in [0.29, 0.717) is 0 Å². The molecular formula is C13H17ClO. The molecule has 1 atom stereocenters. The Balaban J connectivity index is 2.11. The van der Waals surface area contributed by atoms with Crippen LogP contribution < -0.4 is 4.74 Å². The van der Waals surface area contributed by atoms with E-state index in [-0.39, 0.29) is 5.38 Å². The Morgan fingerprint density at radius 1 is 1.47 bits per heavy atom. The number of methoxy groups -OCH3 is 1. The van der Waals surface area contributed by atoms with Crippen LogP contribution >= 0.6 is 11.6 Å². The van der Waals surface area contributed by atoms with Crippen LogP contribution in [0.25, 0.3) is 0 Å². The Labute approximate surface area is 96.4 Å². The molecule has 0 radical (unpaired) electrons. The van der Waals surface area contributed by atoms with Crippen LogP contribution in [0.4, 0.5) is 0 Å². The van der Waals surface area contributed by atoms with Gasteiger partial charge in [0.15, 0.2) is 0 Å². The van der Waals surface area contributed by atoms with E-state index in [2.05, 4.69) is 19.1 Å². The van der Waals surface area contributed by atoms with E-state index in [4.69, 9.17) is 16.3 Å². The van der Waals surface area contributed by atoms with Gasteiger partial charge in [-0.1, -0.05) is 18.9 Å². The van der Waals surface area contributed by atoms with E-state index in [1.165, 1.54) is 24.0 Å². The SMILES string of the molecule is COc1ccc(C(Cl)CC2CC2)c(C)c1. The summed E-state index contributed by atoms with van der Waals surface area (Å²) >= 11 is 6.40. The zero-order valence-electron chi connectivity index (χ0n) is 9.29. The Morgan fingerprint density at radius 3 is 2.73 bits per heavy atom. The van der Waals surface area contributed by atoms with E-state index in [0.717, 1.165) is 18.1 Å². The third kappa shape index (κ3) is 2.66.